The molecule has 13 heteroatoms. The van der Waals surface area contributed by atoms with Gasteiger partial charge >= 0.3 is 0 Å². The maximum absolute atomic E-state index is 12.4. The molecule has 2 aliphatic heterocycles. The molecular weight excluding hydrogens is 618 g/mol. The van der Waals surface area contributed by atoms with Gasteiger partial charge in [-0.3, -0.25) is 29.8 Å². The highest BCUT2D eigenvalue weighted by molar-refractivity contribution is 5.90. The fraction of sp³-hybridized carbons (Fsp3) is 0.429. The zero-order valence-electron chi connectivity index (χ0n) is 26.8. The van der Waals surface area contributed by atoms with Gasteiger partial charge in [0, 0.05) is 81.1 Å². The number of carbonyl (C=O) groups excluding carboxylic acids is 2. The smallest absolute Gasteiger partial charge is 0.269 e. The summed E-state index contributed by atoms with van der Waals surface area (Å²) in [7, 11) is 0. The number of aliphatic hydroxyl groups excluding tert-OH is 1. The van der Waals surface area contributed by atoms with Crippen LogP contribution in [-0.2, 0) is 25.7 Å². The maximum atomic E-state index is 12.4. The van der Waals surface area contributed by atoms with Crippen molar-refractivity contribution in [3.8, 4) is 0 Å². The highest BCUT2D eigenvalue weighted by Crippen LogP contribution is 2.38. The van der Waals surface area contributed by atoms with Crippen LogP contribution in [0, 0.1) is 10.1 Å². The van der Waals surface area contributed by atoms with Crippen LogP contribution in [0.15, 0.2) is 72.8 Å². The number of aliphatic hydroxyl groups is 1. The summed E-state index contributed by atoms with van der Waals surface area (Å²) in [4.78, 5) is 38.8. The van der Waals surface area contributed by atoms with Crippen LogP contribution in [0.5, 0.6) is 0 Å². The first-order chi connectivity index (χ1) is 23.3. The number of hydrogen-bond donors (Lipinski definition) is 4. The van der Waals surface area contributed by atoms with Crippen LogP contribution in [-0.4, -0.2) is 70.8 Å². The zero-order chi connectivity index (χ0) is 33.9. The predicted octanol–water partition coefficient (Wildman–Crippen LogP) is 4.85. The van der Waals surface area contributed by atoms with Gasteiger partial charge in [0.25, 0.3) is 5.69 Å². The van der Waals surface area contributed by atoms with Gasteiger partial charge in [-0.1, -0.05) is 42.8 Å². The summed E-state index contributed by atoms with van der Waals surface area (Å²) in [5, 5.41) is 32.0. The number of anilines is 2. The molecule has 0 saturated carbocycles. The van der Waals surface area contributed by atoms with E-state index in [1.165, 1.54) is 0 Å². The quantitative estimate of drug-likeness (QED) is 0.0812. The Labute approximate surface area is 279 Å². The molecule has 0 bridgehead atoms. The molecule has 48 heavy (non-hydrogen) atoms. The van der Waals surface area contributed by atoms with Crippen LogP contribution in [0.4, 0.5) is 17.1 Å². The number of benzene rings is 3. The second-order valence-corrected chi connectivity index (χ2v) is 12.2. The Bertz CT molecular complexity index is 1490. The van der Waals surface area contributed by atoms with Crippen molar-refractivity contribution in [2.75, 3.05) is 42.9 Å². The van der Waals surface area contributed by atoms with E-state index in [9.17, 15) is 24.8 Å². The molecule has 0 unspecified atom stereocenters. The molecular formula is C35H43N5O8. The van der Waals surface area contributed by atoms with Crippen LogP contribution in [0.2, 0.25) is 0 Å². The molecule has 5 rings (SSSR count). The number of nitro benzene ring substituents is 1. The van der Waals surface area contributed by atoms with Crippen LogP contribution in [0.25, 0.3) is 0 Å². The van der Waals surface area contributed by atoms with E-state index in [0.29, 0.717) is 37.8 Å². The van der Waals surface area contributed by atoms with Crippen LogP contribution in [0.3, 0.4) is 0 Å². The van der Waals surface area contributed by atoms with E-state index in [-0.39, 0.29) is 41.8 Å². The molecule has 2 amide bonds. The molecule has 13 nitrogen and oxygen atoms in total. The van der Waals surface area contributed by atoms with Crippen molar-refractivity contribution in [3.63, 3.8) is 0 Å². The second kappa shape index (κ2) is 17.1. The van der Waals surface area contributed by atoms with Crippen molar-refractivity contribution in [2.45, 2.75) is 63.6 Å². The predicted molar refractivity (Wildman–Crippen MR) is 178 cm³/mol. The van der Waals surface area contributed by atoms with E-state index < -0.39 is 12.2 Å². The molecule has 4 N–H and O–H groups in total. The summed E-state index contributed by atoms with van der Waals surface area (Å²) >= 11 is 0. The van der Waals surface area contributed by atoms with Crippen molar-refractivity contribution < 1.29 is 34.3 Å². The van der Waals surface area contributed by atoms with Gasteiger partial charge in [0.2, 0.25) is 11.8 Å². The lowest BCUT2D eigenvalue weighted by atomic mass is 9.99. The molecule has 2 aliphatic rings. The second-order valence-electron chi connectivity index (χ2n) is 12.2. The highest BCUT2D eigenvalue weighted by Gasteiger charge is 2.34. The summed E-state index contributed by atoms with van der Waals surface area (Å²) in [6.45, 7) is 3.93. The molecule has 0 radical (unpaired) electrons. The van der Waals surface area contributed by atoms with E-state index in [1.807, 2.05) is 48.5 Å². The van der Waals surface area contributed by atoms with Gasteiger partial charge in [-0.15, -0.1) is 0 Å². The molecule has 2 saturated heterocycles. The summed E-state index contributed by atoms with van der Waals surface area (Å²) < 4.78 is 13.0. The maximum Gasteiger partial charge on any atom is 0.269 e. The Kier molecular flexibility index (Phi) is 12.5. The summed E-state index contributed by atoms with van der Waals surface area (Å²) in [6, 6.07) is 21.9. The van der Waals surface area contributed by atoms with Crippen molar-refractivity contribution in [3.05, 3.63) is 99.6 Å². The fourth-order valence-electron chi connectivity index (χ4n) is 6.05. The van der Waals surface area contributed by atoms with E-state index in [2.05, 4.69) is 15.1 Å². The summed E-state index contributed by atoms with van der Waals surface area (Å²) in [5.74, 6) is -0.540. The zero-order valence-corrected chi connectivity index (χ0v) is 26.8. The van der Waals surface area contributed by atoms with Crippen LogP contribution < -0.4 is 15.7 Å². The Morgan fingerprint density at radius 1 is 0.833 bits per heavy atom. The molecule has 2 fully saturated rings. The lowest BCUT2D eigenvalue weighted by Gasteiger charge is -2.41. The van der Waals surface area contributed by atoms with E-state index in [0.717, 1.165) is 55.1 Å². The lowest BCUT2D eigenvalue weighted by molar-refractivity contribution is -0.384. The monoisotopic (exact) mass is 661 g/mol. The summed E-state index contributed by atoms with van der Waals surface area (Å²) in [6.07, 6.45) is 2.22. The molecule has 3 atom stereocenters. The van der Waals surface area contributed by atoms with E-state index in [1.54, 1.807) is 29.7 Å². The van der Waals surface area contributed by atoms with Crippen molar-refractivity contribution in [2.24, 2.45) is 0 Å². The normalized spacial score (nSPS) is 19.9. The van der Waals surface area contributed by atoms with Gasteiger partial charge in [0.1, 0.15) is 0 Å². The Balaban J connectivity index is 1.18. The Morgan fingerprint density at radius 2 is 1.48 bits per heavy atom. The molecule has 256 valence electrons. The SMILES string of the molecule is O=C(CCCCCC(=O)Nc1ccc([C@@H]2O[C@H](CN3CCN(c4ccc([N+](=O)[O-])cc4)CC3)C[C@H](c3ccc(CO)cc3)O2)cc1)NO. The number of piperazine rings is 1. The number of amides is 2. The number of nitro groups is 1. The number of carbonyl (C=O) groups is 2. The summed E-state index contributed by atoms with van der Waals surface area (Å²) in [5.41, 5.74) is 6.00. The average molecular weight is 662 g/mol. The van der Waals surface area contributed by atoms with Crippen molar-refractivity contribution >= 4 is 28.9 Å². The third-order valence-electron chi connectivity index (χ3n) is 8.77. The third kappa shape index (κ3) is 9.81. The topological polar surface area (TPSA) is 167 Å². The molecule has 3 aromatic rings. The minimum absolute atomic E-state index is 0.0295. The van der Waals surface area contributed by atoms with Gasteiger partial charge < -0.3 is 24.8 Å². The van der Waals surface area contributed by atoms with Gasteiger partial charge in [-0.25, -0.2) is 5.48 Å². The number of hydroxylamine groups is 1. The largest absolute Gasteiger partial charge is 0.392 e. The van der Waals surface area contributed by atoms with Gasteiger partial charge in [0.05, 0.1) is 23.7 Å². The number of rotatable bonds is 14. The first kappa shape index (κ1) is 34.9. The first-order valence-corrected chi connectivity index (χ1v) is 16.4. The number of hydrogen-bond acceptors (Lipinski definition) is 10. The minimum atomic E-state index is -0.617. The number of ether oxygens (including phenoxy) is 2. The molecule has 0 spiro atoms. The molecule has 0 aliphatic carbocycles. The Hall–Kier alpha value is -4.40. The first-order valence-electron chi connectivity index (χ1n) is 16.4. The molecule has 2 heterocycles. The Morgan fingerprint density at radius 3 is 2.10 bits per heavy atom. The number of nitrogens with zero attached hydrogens (tertiary/aromatic N) is 3. The lowest BCUT2D eigenvalue weighted by Crippen LogP contribution is -2.49. The molecule has 3 aromatic carbocycles. The standard InChI is InChI=1S/C35H43N5O8/c41-24-25-6-8-26(9-7-25)32-22-31(23-38-18-20-39(21-19-38)29-14-16-30(17-15-29)40(45)46)47-35(48-32)27-10-12-28(13-11-27)36-33(42)4-2-1-3-5-34(43)37-44/h6-17,31-32,35,41,44H,1-5,18-24H2,(H,36,42)(H,37,43)/t31-,32+,35+/m0/s1. The van der Waals surface area contributed by atoms with Gasteiger partial charge in [-0.2, -0.15) is 0 Å². The average Bonchev–Trinajstić information content (AvgIpc) is 3.12. The third-order valence-corrected chi connectivity index (χ3v) is 8.77. The minimum Gasteiger partial charge on any atom is -0.392 e. The van der Waals surface area contributed by atoms with Gasteiger partial charge in [0.15, 0.2) is 6.29 Å². The van der Waals surface area contributed by atoms with Crippen LogP contribution >= 0.6 is 0 Å². The van der Waals surface area contributed by atoms with E-state index >= 15 is 0 Å². The fourth-order valence-corrected chi connectivity index (χ4v) is 6.05. The van der Waals surface area contributed by atoms with E-state index in [4.69, 9.17) is 14.7 Å². The number of unbranched alkanes of at least 4 members (excludes halogenated alkanes) is 2. The van der Waals surface area contributed by atoms with Gasteiger partial charge in [-0.05, 0) is 48.2 Å². The number of nitrogens with one attached hydrogen (secondary N) is 2. The molecule has 0 aromatic heterocycles. The van der Waals surface area contributed by atoms with Crippen molar-refractivity contribution in [1.29, 1.82) is 0 Å². The van der Waals surface area contributed by atoms with Crippen molar-refractivity contribution in [1.82, 2.24) is 10.4 Å². The van der Waals surface area contributed by atoms with Crippen LogP contribution in [0.1, 0.15) is 67.6 Å². The number of non-ortho nitro benzene ring substituents is 1. The highest BCUT2D eigenvalue weighted by atomic mass is 16.7.